The predicted octanol–water partition coefficient (Wildman–Crippen LogP) is 6.26. The van der Waals surface area contributed by atoms with Gasteiger partial charge in [0.15, 0.2) is 11.5 Å². The molecule has 1 aliphatic heterocycles. The van der Waals surface area contributed by atoms with Gasteiger partial charge in [-0.2, -0.15) is 0 Å². The van der Waals surface area contributed by atoms with E-state index >= 15 is 0 Å². The second kappa shape index (κ2) is 10.7. The number of hydrogen-bond acceptors (Lipinski definition) is 6. The van der Waals surface area contributed by atoms with Gasteiger partial charge in [-0.1, -0.05) is 30.3 Å². The van der Waals surface area contributed by atoms with Crippen LogP contribution in [0.3, 0.4) is 0 Å². The van der Waals surface area contributed by atoms with Gasteiger partial charge in [0.25, 0.3) is 11.7 Å². The number of anilines is 1. The SMILES string of the molecule is COc1ccc(/C(O)=C2\C(=O)C(=O)N(c3ccc(F)cc3)C2c2cccc(Oc3ccccc3)c2)cc1OC. The molecule has 1 aliphatic rings. The Balaban J connectivity index is 1.67. The van der Waals surface area contributed by atoms with Gasteiger partial charge in [-0.25, -0.2) is 4.39 Å². The molecule has 5 rings (SSSR count). The number of amides is 1. The average Bonchev–Trinajstić information content (AvgIpc) is 3.23. The predicted molar refractivity (Wildman–Crippen MR) is 144 cm³/mol. The Morgan fingerprint density at radius 3 is 2.18 bits per heavy atom. The maximum Gasteiger partial charge on any atom is 0.300 e. The van der Waals surface area contributed by atoms with Crippen molar-refractivity contribution < 1.29 is 33.3 Å². The van der Waals surface area contributed by atoms with Gasteiger partial charge in [-0.15, -0.1) is 0 Å². The van der Waals surface area contributed by atoms with Crippen LogP contribution in [0.25, 0.3) is 5.76 Å². The standard InChI is InChI=1S/C31H24FNO6/c1-37-25-16-11-20(18-26(25)38-2)29(34)27-28(33(31(36)30(27)35)22-14-12-21(32)13-15-22)19-7-6-10-24(17-19)39-23-8-4-3-5-9-23/h3-18,28,34H,1-2H3/b29-27+. The molecule has 8 heteroatoms. The maximum absolute atomic E-state index is 13.7. The molecule has 1 N–H and O–H groups in total. The number of Topliss-reactive ketones (excluding diaryl/α,β-unsaturated/α-hetero) is 1. The molecule has 1 unspecified atom stereocenters. The Bertz CT molecular complexity index is 1570. The van der Waals surface area contributed by atoms with Crippen molar-refractivity contribution in [2.75, 3.05) is 19.1 Å². The third-order valence-electron chi connectivity index (χ3n) is 6.36. The van der Waals surface area contributed by atoms with Gasteiger partial charge in [0.05, 0.1) is 25.8 Å². The summed E-state index contributed by atoms with van der Waals surface area (Å²) >= 11 is 0. The van der Waals surface area contributed by atoms with Crippen molar-refractivity contribution in [3.8, 4) is 23.0 Å². The molecular formula is C31H24FNO6. The van der Waals surface area contributed by atoms with Crippen molar-refractivity contribution >= 4 is 23.1 Å². The van der Waals surface area contributed by atoms with E-state index in [-0.39, 0.29) is 11.1 Å². The molecule has 0 spiro atoms. The van der Waals surface area contributed by atoms with E-state index in [1.165, 1.54) is 49.5 Å². The number of carbonyl (C=O) groups is 2. The summed E-state index contributed by atoms with van der Waals surface area (Å²) in [4.78, 5) is 28.1. The molecule has 7 nitrogen and oxygen atoms in total. The van der Waals surface area contributed by atoms with Crippen LogP contribution in [0.5, 0.6) is 23.0 Å². The summed E-state index contributed by atoms with van der Waals surface area (Å²) in [6, 6.07) is 24.9. The Kier molecular flexibility index (Phi) is 7.01. The fourth-order valence-corrected chi connectivity index (χ4v) is 4.53. The van der Waals surface area contributed by atoms with Gasteiger partial charge in [-0.05, 0) is 72.3 Å². The number of rotatable bonds is 7. The van der Waals surface area contributed by atoms with E-state index in [2.05, 4.69) is 0 Å². The lowest BCUT2D eigenvalue weighted by Crippen LogP contribution is -2.29. The van der Waals surface area contributed by atoms with Gasteiger partial charge in [-0.3, -0.25) is 14.5 Å². The number of hydrogen-bond donors (Lipinski definition) is 1. The summed E-state index contributed by atoms with van der Waals surface area (Å²) < 4.78 is 30.3. The zero-order valence-corrected chi connectivity index (χ0v) is 21.1. The highest BCUT2D eigenvalue weighted by Crippen LogP contribution is 2.44. The highest BCUT2D eigenvalue weighted by Gasteiger charge is 2.47. The Labute approximate surface area is 224 Å². The maximum atomic E-state index is 13.7. The topological polar surface area (TPSA) is 85.3 Å². The Morgan fingerprint density at radius 1 is 0.795 bits per heavy atom. The van der Waals surface area contributed by atoms with E-state index in [9.17, 15) is 19.1 Å². The third-order valence-corrected chi connectivity index (χ3v) is 6.36. The molecule has 1 saturated heterocycles. The summed E-state index contributed by atoms with van der Waals surface area (Å²) in [5.41, 5.74) is 0.929. The van der Waals surface area contributed by atoms with Crippen LogP contribution in [-0.4, -0.2) is 31.0 Å². The lowest BCUT2D eigenvalue weighted by molar-refractivity contribution is -0.132. The van der Waals surface area contributed by atoms with E-state index in [4.69, 9.17) is 14.2 Å². The normalized spacial score (nSPS) is 16.3. The number of aliphatic hydroxyl groups is 1. The van der Waals surface area contributed by atoms with Crippen LogP contribution in [0.2, 0.25) is 0 Å². The van der Waals surface area contributed by atoms with E-state index in [0.29, 0.717) is 34.2 Å². The first kappa shape index (κ1) is 25.5. The molecule has 1 fully saturated rings. The number of para-hydroxylation sites is 1. The van der Waals surface area contributed by atoms with E-state index in [1.807, 2.05) is 18.2 Å². The molecule has 1 amide bonds. The van der Waals surface area contributed by atoms with Crippen LogP contribution in [0.4, 0.5) is 10.1 Å². The second-order valence-electron chi connectivity index (χ2n) is 8.70. The number of nitrogens with zero attached hydrogens (tertiary/aromatic N) is 1. The monoisotopic (exact) mass is 525 g/mol. The van der Waals surface area contributed by atoms with E-state index in [1.54, 1.807) is 48.5 Å². The van der Waals surface area contributed by atoms with Crippen LogP contribution in [0.15, 0.2) is 103 Å². The summed E-state index contributed by atoms with van der Waals surface area (Å²) in [6.45, 7) is 0. The number of aliphatic hydroxyl groups excluding tert-OH is 1. The number of carbonyl (C=O) groups excluding carboxylic acids is 2. The van der Waals surface area contributed by atoms with E-state index in [0.717, 1.165) is 0 Å². The Hall–Kier alpha value is -5.11. The fraction of sp³-hybridized carbons (Fsp3) is 0.0968. The minimum atomic E-state index is -1.03. The highest BCUT2D eigenvalue weighted by molar-refractivity contribution is 6.51. The summed E-state index contributed by atoms with van der Waals surface area (Å²) in [6.07, 6.45) is 0. The van der Waals surface area contributed by atoms with Gasteiger partial charge in [0, 0.05) is 11.3 Å². The van der Waals surface area contributed by atoms with Crippen molar-refractivity contribution in [3.05, 3.63) is 120 Å². The molecule has 1 atom stereocenters. The van der Waals surface area contributed by atoms with Crippen LogP contribution < -0.4 is 19.1 Å². The van der Waals surface area contributed by atoms with Crippen molar-refractivity contribution in [2.45, 2.75) is 6.04 Å². The molecule has 0 aromatic heterocycles. The molecule has 4 aromatic rings. The molecule has 0 aliphatic carbocycles. The minimum Gasteiger partial charge on any atom is -0.507 e. The number of halogens is 1. The first-order valence-electron chi connectivity index (χ1n) is 12.0. The quantitative estimate of drug-likeness (QED) is 0.174. The number of ketones is 1. The van der Waals surface area contributed by atoms with Crippen molar-refractivity contribution in [3.63, 3.8) is 0 Å². The van der Waals surface area contributed by atoms with Crippen LogP contribution in [-0.2, 0) is 9.59 Å². The third kappa shape index (κ3) is 4.92. The lowest BCUT2D eigenvalue weighted by Gasteiger charge is -2.26. The average molecular weight is 526 g/mol. The molecule has 4 aromatic carbocycles. The largest absolute Gasteiger partial charge is 0.507 e. The van der Waals surface area contributed by atoms with Crippen LogP contribution >= 0.6 is 0 Å². The Morgan fingerprint density at radius 2 is 1.49 bits per heavy atom. The molecular weight excluding hydrogens is 501 g/mol. The van der Waals surface area contributed by atoms with Gasteiger partial charge >= 0.3 is 0 Å². The molecule has 0 radical (unpaired) electrons. The first-order chi connectivity index (χ1) is 18.9. The summed E-state index contributed by atoms with van der Waals surface area (Å²) in [7, 11) is 2.93. The van der Waals surface area contributed by atoms with Crippen molar-refractivity contribution in [1.29, 1.82) is 0 Å². The van der Waals surface area contributed by atoms with Gasteiger partial charge in [0.2, 0.25) is 0 Å². The molecule has 0 saturated carbocycles. The van der Waals surface area contributed by atoms with Crippen molar-refractivity contribution in [2.24, 2.45) is 0 Å². The minimum absolute atomic E-state index is 0.131. The van der Waals surface area contributed by atoms with Gasteiger partial charge < -0.3 is 19.3 Å². The molecule has 39 heavy (non-hydrogen) atoms. The van der Waals surface area contributed by atoms with Crippen LogP contribution in [0, 0.1) is 5.82 Å². The number of ether oxygens (including phenoxy) is 3. The van der Waals surface area contributed by atoms with E-state index < -0.39 is 29.3 Å². The van der Waals surface area contributed by atoms with Gasteiger partial charge in [0.1, 0.15) is 23.1 Å². The number of benzene rings is 4. The summed E-state index contributed by atoms with van der Waals surface area (Å²) in [5, 5.41) is 11.4. The number of methoxy groups -OCH3 is 2. The zero-order valence-electron chi connectivity index (χ0n) is 21.1. The fourth-order valence-electron chi connectivity index (χ4n) is 4.53. The molecule has 1 heterocycles. The van der Waals surface area contributed by atoms with Crippen LogP contribution in [0.1, 0.15) is 17.2 Å². The first-order valence-corrected chi connectivity index (χ1v) is 12.0. The second-order valence-corrected chi connectivity index (χ2v) is 8.70. The lowest BCUT2D eigenvalue weighted by atomic mass is 9.94. The summed E-state index contributed by atoms with van der Waals surface area (Å²) in [5.74, 6) is -0.780. The molecule has 0 bridgehead atoms. The molecule has 196 valence electrons. The zero-order chi connectivity index (χ0) is 27.5. The van der Waals surface area contributed by atoms with Crippen molar-refractivity contribution in [1.82, 2.24) is 0 Å². The smallest absolute Gasteiger partial charge is 0.300 e. The highest BCUT2D eigenvalue weighted by atomic mass is 19.1.